The maximum absolute atomic E-state index is 13.8. The van der Waals surface area contributed by atoms with Crippen LogP contribution in [-0.2, 0) is 0 Å². The molecule has 1 aliphatic rings. The van der Waals surface area contributed by atoms with Crippen molar-refractivity contribution in [2.75, 3.05) is 11.5 Å². The van der Waals surface area contributed by atoms with Crippen LogP contribution in [0, 0.1) is 13.8 Å². The van der Waals surface area contributed by atoms with Gasteiger partial charge in [-0.25, -0.2) is 4.98 Å². The standard InChI is InChI=1S/C26H21ClN2O5/c1-4-33-20-11-15(5-7-18(20)30)23-22-24(31)17-9-13(2)14(3)10-19(17)34-25(22)26(32)29(23)21-8-6-16(27)12-28-21/h5-12,23,30H,4H2,1-3H3. The number of carbonyl (C=O) groups excluding carboxylic acids is 1. The Hall–Kier alpha value is -3.84. The van der Waals surface area contributed by atoms with Gasteiger partial charge in [-0.2, -0.15) is 0 Å². The molecule has 2 aromatic carbocycles. The van der Waals surface area contributed by atoms with Crippen molar-refractivity contribution in [3.8, 4) is 11.5 Å². The van der Waals surface area contributed by atoms with Crippen molar-refractivity contribution >= 4 is 34.3 Å². The molecule has 0 radical (unpaired) electrons. The number of aromatic nitrogens is 1. The van der Waals surface area contributed by atoms with E-state index in [1.807, 2.05) is 13.8 Å². The molecule has 4 aromatic rings. The summed E-state index contributed by atoms with van der Waals surface area (Å²) < 4.78 is 11.6. The molecular formula is C26H21ClN2O5. The number of ether oxygens (including phenoxy) is 1. The number of hydrogen-bond acceptors (Lipinski definition) is 6. The van der Waals surface area contributed by atoms with Crippen molar-refractivity contribution in [2.24, 2.45) is 0 Å². The molecule has 0 fully saturated rings. The molecule has 0 spiro atoms. The van der Waals surface area contributed by atoms with Gasteiger partial charge in [-0.3, -0.25) is 14.5 Å². The Morgan fingerprint density at radius 3 is 2.59 bits per heavy atom. The van der Waals surface area contributed by atoms with Gasteiger partial charge in [0, 0.05) is 6.20 Å². The molecule has 1 atom stereocenters. The van der Waals surface area contributed by atoms with Gasteiger partial charge in [0.25, 0.3) is 5.91 Å². The zero-order chi connectivity index (χ0) is 24.1. The molecule has 34 heavy (non-hydrogen) atoms. The van der Waals surface area contributed by atoms with Crippen molar-refractivity contribution < 1.29 is 19.1 Å². The number of phenolic OH excluding ortho intramolecular Hbond substituents is 1. The first-order valence-electron chi connectivity index (χ1n) is 10.8. The molecule has 2 aromatic heterocycles. The largest absolute Gasteiger partial charge is 0.504 e. The summed E-state index contributed by atoms with van der Waals surface area (Å²) in [6, 6.07) is 10.7. The fourth-order valence-electron chi connectivity index (χ4n) is 4.26. The fourth-order valence-corrected chi connectivity index (χ4v) is 4.37. The third-order valence-electron chi connectivity index (χ3n) is 6.04. The lowest BCUT2D eigenvalue weighted by Gasteiger charge is -2.24. The summed E-state index contributed by atoms with van der Waals surface area (Å²) >= 11 is 6.02. The van der Waals surface area contributed by atoms with Gasteiger partial charge < -0.3 is 14.3 Å². The fraction of sp³-hybridized carbons (Fsp3) is 0.192. The lowest BCUT2D eigenvalue weighted by atomic mass is 9.97. The number of anilines is 1. The number of nitrogens with zero attached hydrogens (tertiary/aromatic N) is 2. The van der Waals surface area contributed by atoms with Gasteiger partial charge in [-0.05, 0) is 73.9 Å². The molecule has 5 rings (SSSR count). The molecule has 7 nitrogen and oxygen atoms in total. The topological polar surface area (TPSA) is 92.9 Å². The molecule has 3 heterocycles. The Balaban J connectivity index is 1.81. The number of amides is 1. The van der Waals surface area contributed by atoms with E-state index in [0.29, 0.717) is 34.0 Å². The van der Waals surface area contributed by atoms with Crippen molar-refractivity contribution in [1.82, 2.24) is 4.98 Å². The minimum absolute atomic E-state index is 0.0338. The van der Waals surface area contributed by atoms with Crippen LogP contribution in [-0.4, -0.2) is 22.6 Å². The van der Waals surface area contributed by atoms with E-state index in [2.05, 4.69) is 4.98 Å². The first kappa shape index (κ1) is 22.0. The average Bonchev–Trinajstić information content (AvgIpc) is 3.10. The minimum atomic E-state index is -0.835. The van der Waals surface area contributed by atoms with Gasteiger partial charge in [0.15, 0.2) is 16.9 Å². The smallest absolute Gasteiger partial charge is 0.296 e. The van der Waals surface area contributed by atoms with Gasteiger partial charge in [0.05, 0.1) is 28.6 Å². The van der Waals surface area contributed by atoms with E-state index < -0.39 is 11.9 Å². The Labute approximate surface area is 200 Å². The minimum Gasteiger partial charge on any atom is -0.504 e. The van der Waals surface area contributed by atoms with E-state index >= 15 is 0 Å². The quantitative estimate of drug-likeness (QED) is 0.429. The highest BCUT2D eigenvalue weighted by Gasteiger charge is 2.44. The highest BCUT2D eigenvalue weighted by atomic mass is 35.5. The maximum atomic E-state index is 13.8. The molecule has 0 saturated carbocycles. The zero-order valence-electron chi connectivity index (χ0n) is 18.8. The van der Waals surface area contributed by atoms with Gasteiger partial charge in [0.2, 0.25) is 5.76 Å². The summed E-state index contributed by atoms with van der Waals surface area (Å²) in [6.45, 7) is 5.98. The summed E-state index contributed by atoms with van der Waals surface area (Å²) in [5, 5.41) is 11.0. The van der Waals surface area contributed by atoms with Crippen molar-refractivity contribution in [2.45, 2.75) is 26.8 Å². The molecule has 1 unspecified atom stereocenters. The van der Waals surface area contributed by atoms with Crippen LogP contribution in [0.25, 0.3) is 11.0 Å². The molecular weight excluding hydrogens is 456 g/mol. The maximum Gasteiger partial charge on any atom is 0.296 e. The molecule has 0 saturated heterocycles. The molecule has 1 aliphatic heterocycles. The number of halogens is 1. The number of hydrogen-bond donors (Lipinski definition) is 1. The van der Waals surface area contributed by atoms with Gasteiger partial charge in [-0.1, -0.05) is 17.7 Å². The normalized spacial score (nSPS) is 15.1. The van der Waals surface area contributed by atoms with E-state index in [-0.39, 0.29) is 28.3 Å². The van der Waals surface area contributed by atoms with Gasteiger partial charge in [0.1, 0.15) is 11.4 Å². The number of carbonyl (C=O) groups is 1. The Bertz CT molecular complexity index is 1510. The van der Waals surface area contributed by atoms with Crippen molar-refractivity contribution in [3.63, 3.8) is 0 Å². The van der Waals surface area contributed by atoms with Crippen LogP contribution in [0.4, 0.5) is 5.82 Å². The number of aromatic hydroxyl groups is 1. The first-order valence-corrected chi connectivity index (χ1v) is 11.2. The summed E-state index contributed by atoms with van der Waals surface area (Å²) in [7, 11) is 0. The average molecular weight is 477 g/mol. The molecule has 0 bridgehead atoms. The second-order valence-corrected chi connectivity index (χ2v) is 8.62. The lowest BCUT2D eigenvalue weighted by molar-refractivity contribution is 0.0970. The predicted octanol–water partition coefficient (Wildman–Crippen LogP) is 5.31. The van der Waals surface area contributed by atoms with Crippen LogP contribution in [0.15, 0.2) is 57.9 Å². The first-order chi connectivity index (χ1) is 16.3. The second kappa shape index (κ2) is 8.18. The summed E-state index contributed by atoms with van der Waals surface area (Å²) in [6.07, 6.45) is 1.44. The Morgan fingerprint density at radius 1 is 1.12 bits per heavy atom. The highest BCUT2D eigenvalue weighted by Crippen LogP contribution is 2.42. The van der Waals surface area contributed by atoms with Crippen LogP contribution in [0.3, 0.4) is 0 Å². The number of pyridine rings is 1. The molecule has 0 aliphatic carbocycles. The van der Waals surface area contributed by atoms with Crippen LogP contribution in [0.2, 0.25) is 5.02 Å². The summed E-state index contributed by atoms with van der Waals surface area (Å²) in [4.78, 5) is 33.1. The van der Waals surface area contributed by atoms with E-state index in [4.69, 9.17) is 20.8 Å². The molecule has 172 valence electrons. The van der Waals surface area contributed by atoms with Gasteiger partial charge >= 0.3 is 0 Å². The summed E-state index contributed by atoms with van der Waals surface area (Å²) in [5.41, 5.74) is 2.74. The number of fused-ring (bicyclic) bond motifs is 2. The number of benzene rings is 2. The molecule has 1 N–H and O–H groups in total. The summed E-state index contributed by atoms with van der Waals surface area (Å²) in [5.74, 6) is 0.00352. The zero-order valence-corrected chi connectivity index (χ0v) is 19.5. The van der Waals surface area contributed by atoms with Crippen LogP contribution < -0.4 is 15.1 Å². The number of rotatable bonds is 4. The van der Waals surface area contributed by atoms with E-state index in [9.17, 15) is 14.7 Å². The molecule has 1 amide bonds. The Kier molecular flexibility index (Phi) is 5.29. The molecule has 8 heteroatoms. The van der Waals surface area contributed by atoms with Crippen molar-refractivity contribution in [1.29, 1.82) is 0 Å². The SMILES string of the molecule is CCOc1cc(C2c3c(oc4cc(C)c(C)cc4c3=O)C(=O)N2c2ccc(Cl)cn2)ccc1O. The van der Waals surface area contributed by atoms with Crippen LogP contribution in [0.1, 0.15) is 45.8 Å². The van der Waals surface area contributed by atoms with Crippen LogP contribution >= 0.6 is 11.6 Å². The predicted molar refractivity (Wildman–Crippen MR) is 129 cm³/mol. The third-order valence-corrected chi connectivity index (χ3v) is 6.27. The van der Waals surface area contributed by atoms with E-state index in [0.717, 1.165) is 11.1 Å². The number of phenols is 1. The van der Waals surface area contributed by atoms with E-state index in [1.165, 1.54) is 17.2 Å². The monoisotopic (exact) mass is 476 g/mol. The lowest BCUT2D eigenvalue weighted by Crippen LogP contribution is -2.30. The van der Waals surface area contributed by atoms with Gasteiger partial charge in [-0.15, -0.1) is 0 Å². The van der Waals surface area contributed by atoms with Crippen LogP contribution in [0.5, 0.6) is 11.5 Å². The Morgan fingerprint density at radius 2 is 1.88 bits per heavy atom. The highest BCUT2D eigenvalue weighted by molar-refractivity contribution is 6.30. The number of aryl methyl sites for hydroxylation is 2. The van der Waals surface area contributed by atoms with Crippen molar-refractivity contribution in [3.05, 3.63) is 91.9 Å². The third kappa shape index (κ3) is 3.40. The second-order valence-electron chi connectivity index (χ2n) is 8.18. The van der Waals surface area contributed by atoms with E-state index in [1.54, 1.807) is 43.3 Å².